The van der Waals surface area contributed by atoms with Gasteiger partial charge in [0.05, 0.1) is 12.2 Å². The zero-order valence-corrected chi connectivity index (χ0v) is 18.6. The van der Waals surface area contributed by atoms with Crippen molar-refractivity contribution < 1.29 is 4.79 Å². The Balaban J connectivity index is 1.79. The van der Waals surface area contributed by atoms with E-state index >= 15 is 0 Å². The Hall–Kier alpha value is -2.31. The van der Waals surface area contributed by atoms with Crippen LogP contribution in [0, 0.1) is 0 Å². The molecule has 3 rings (SSSR count). The van der Waals surface area contributed by atoms with E-state index in [0.29, 0.717) is 16.4 Å². The van der Waals surface area contributed by atoms with Crippen LogP contribution >= 0.6 is 23.4 Å². The van der Waals surface area contributed by atoms with Crippen molar-refractivity contribution in [1.29, 1.82) is 0 Å². The van der Waals surface area contributed by atoms with E-state index in [4.69, 9.17) is 11.6 Å². The number of nitrogens with zero attached hydrogens (tertiary/aromatic N) is 3. The minimum absolute atomic E-state index is 0.0513. The van der Waals surface area contributed by atoms with Crippen molar-refractivity contribution in [3.63, 3.8) is 0 Å². The quantitative estimate of drug-likeness (QED) is 0.544. The maximum atomic E-state index is 12.6. The molecule has 2 aromatic carbocycles. The Morgan fingerprint density at radius 1 is 1.14 bits per heavy atom. The highest BCUT2D eigenvalue weighted by Crippen LogP contribution is 2.24. The second-order valence-corrected chi connectivity index (χ2v) is 9.32. The van der Waals surface area contributed by atoms with Crippen LogP contribution in [-0.2, 0) is 12.0 Å². The van der Waals surface area contributed by atoms with Crippen LogP contribution in [-0.4, -0.2) is 26.4 Å². The number of carbonyl (C=O) groups is 1. The zero-order valence-electron chi connectivity index (χ0n) is 17.1. The number of hydrogen-bond acceptors (Lipinski definition) is 4. The van der Waals surface area contributed by atoms with Crippen molar-refractivity contribution in [3.05, 3.63) is 70.5 Å². The summed E-state index contributed by atoms with van der Waals surface area (Å²) in [7, 11) is 0. The molecule has 3 aromatic rings. The van der Waals surface area contributed by atoms with Crippen LogP contribution in [0.3, 0.4) is 0 Å². The first kappa shape index (κ1) is 21.4. The topological polar surface area (TPSA) is 59.8 Å². The Kier molecular flexibility index (Phi) is 6.65. The van der Waals surface area contributed by atoms with Crippen molar-refractivity contribution in [1.82, 2.24) is 20.1 Å². The average Bonchev–Trinajstić information content (AvgIpc) is 3.08. The van der Waals surface area contributed by atoms with E-state index in [0.717, 1.165) is 16.6 Å². The standard InChI is InChI=1S/C22H25ClN4OS/c1-5-29-21-26-25-19(27(21)18-8-6-7-17(23)13-18)14-24-20(28)15-9-11-16(12-10-15)22(2,3)4/h6-13H,5,14H2,1-4H3,(H,24,28). The Bertz CT molecular complexity index is 993. The third-order valence-corrected chi connectivity index (χ3v) is 5.51. The molecular weight excluding hydrogens is 404 g/mol. The van der Waals surface area contributed by atoms with Crippen LogP contribution in [0.4, 0.5) is 0 Å². The lowest BCUT2D eigenvalue weighted by molar-refractivity contribution is 0.0949. The average molecular weight is 429 g/mol. The predicted molar refractivity (Wildman–Crippen MR) is 119 cm³/mol. The number of amides is 1. The van der Waals surface area contributed by atoms with Gasteiger partial charge < -0.3 is 5.32 Å². The summed E-state index contributed by atoms with van der Waals surface area (Å²) < 4.78 is 1.93. The fourth-order valence-electron chi connectivity index (χ4n) is 2.89. The van der Waals surface area contributed by atoms with Crippen molar-refractivity contribution >= 4 is 29.3 Å². The van der Waals surface area contributed by atoms with E-state index in [1.165, 1.54) is 5.56 Å². The molecule has 0 atom stereocenters. The van der Waals surface area contributed by atoms with Gasteiger partial charge in [-0.3, -0.25) is 9.36 Å². The van der Waals surface area contributed by atoms with Gasteiger partial charge in [0, 0.05) is 10.6 Å². The Labute approximate surface area is 180 Å². The highest BCUT2D eigenvalue weighted by molar-refractivity contribution is 7.99. The minimum atomic E-state index is -0.143. The van der Waals surface area contributed by atoms with E-state index in [1.54, 1.807) is 11.8 Å². The Morgan fingerprint density at radius 3 is 2.48 bits per heavy atom. The minimum Gasteiger partial charge on any atom is -0.345 e. The lowest BCUT2D eigenvalue weighted by Gasteiger charge is -2.19. The Morgan fingerprint density at radius 2 is 1.86 bits per heavy atom. The first-order valence-corrected chi connectivity index (χ1v) is 10.9. The van der Waals surface area contributed by atoms with Gasteiger partial charge in [-0.05, 0) is 47.1 Å². The molecule has 0 aliphatic carbocycles. The molecule has 0 fully saturated rings. The van der Waals surface area contributed by atoms with Gasteiger partial charge in [0.15, 0.2) is 11.0 Å². The number of aromatic nitrogens is 3. The number of halogens is 1. The summed E-state index contributed by atoms with van der Waals surface area (Å²) in [6, 6.07) is 15.2. The molecule has 1 N–H and O–H groups in total. The van der Waals surface area contributed by atoms with Crippen LogP contribution in [0.15, 0.2) is 53.7 Å². The molecule has 0 radical (unpaired) electrons. The molecule has 0 bridgehead atoms. The van der Waals surface area contributed by atoms with E-state index in [-0.39, 0.29) is 17.9 Å². The summed E-state index contributed by atoms with van der Waals surface area (Å²) in [5.74, 6) is 1.38. The summed E-state index contributed by atoms with van der Waals surface area (Å²) in [5, 5.41) is 12.9. The predicted octanol–water partition coefficient (Wildman–Crippen LogP) is 5.26. The summed E-state index contributed by atoms with van der Waals surface area (Å²) in [5.41, 5.74) is 2.73. The van der Waals surface area contributed by atoms with Crippen LogP contribution < -0.4 is 5.32 Å². The fourth-order valence-corrected chi connectivity index (χ4v) is 3.78. The molecule has 7 heteroatoms. The van der Waals surface area contributed by atoms with Gasteiger partial charge in [0.1, 0.15) is 0 Å². The monoisotopic (exact) mass is 428 g/mol. The number of benzene rings is 2. The molecule has 0 aliphatic heterocycles. The van der Waals surface area contributed by atoms with E-state index in [1.807, 2.05) is 53.1 Å². The first-order valence-electron chi connectivity index (χ1n) is 9.51. The van der Waals surface area contributed by atoms with Crippen LogP contribution in [0.25, 0.3) is 5.69 Å². The molecule has 0 unspecified atom stereocenters. The van der Waals surface area contributed by atoms with Crippen LogP contribution in [0.2, 0.25) is 5.02 Å². The lowest BCUT2D eigenvalue weighted by atomic mass is 9.87. The van der Waals surface area contributed by atoms with Gasteiger partial charge in [-0.15, -0.1) is 10.2 Å². The highest BCUT2D eigenvalue weighted by Gasteiger charge is 2.17. The normalized spacial score (nSPS) is 11.5. The number of thioether (sulfide) groups is 1. The highest BCUT2D eigenvalue weighted by atomic mass is 35.5. The number of hydrogen-bond donors (Lipinski definition) is 1. The molecule has 1 heterocycles. The molecule has 0 spiro atoms. The molecule has 0 saturated heterocycles. The van der Waals surface area contributed by atoms with Crippen LogP contribution in [0.5, 0.6) is 0 Å². The molecule has 1 aromatic heterocycles. The largest absolute Gasteiger partial charge is 0.345 e. The number of rotatable bonds is 6. The molecule has 1 amide bonds. The third-order valence-electron chi connectivity index (χ3n) is 4.46. The second kappa shape index (κ2) is 9.01. The molecule has 0 aliphatic rings. The van der Waals surface area contributed by atoms with Gasteiger partial charge >= 0.3 is 0 Å². The maximum Gasteiger partial charge on any atom is 0.251 e. The maximum absolute atomic E-state index is 12.6. The lowest BCUT2D eigenvalue weighted by Crippen LogP contribution is -2.25. The number of nitrogens with one attached hydrogen (secondary N) is 1. The summed E-state index contributed by atoms with van der Waals surface area (Å²) in [6.07, 6.45) is 0. The van der Waals surface area contributed by atoms with Gasteiger partial charge in [0.2, 0.25) is 0 Å². The smallest absolute Gasteiger partial charge is 0.251 e. The molecular formula is C22H25ClN4OS. The summed E-state index contributed by atoms with van der Waals surface area (Å²) in [4.78, 5) is 12.6. The van der Waals surface area contributed by atoms with Gasteiger partial charge in [-0.2, -0.15) is 0 Å². The third kappa shape index (κ3) is 5.19. The van der Waals surface area contributed by atoms with Crippen molar-refractivity contribution in [3.8, 4) is 5.69 Å². The first-order chi connectivity index (χ1) is 13.8. The van der Waals surface area contributed by atoms with E-state index in [9.17, 15) is 4.79 Å². The van der Waals surface area contributed by atoms with Crippen molar-refractivity contribution in [2.45, 2.75) is 44.8 Å². The second-order valence-electron chi connectivity index (χ2n) is 7.66. The van der Waals surface area contributed by atoms with Crippen molar-refractivity contribution in [2.75, 3.05) is 5.75 Å². The summed E-state index contributed by atoms with van der Waals surface area (Å²) in [6.45, 7) is 8.78. The molecule has 152 valence electrons. The SMILES string of the molecule is CCSc1nnc(CNC(=O)c2ccc(C(C)(C)C)cc2)n1-c1cccc(Cl)c1. The number of carbonyl (C=O) groups excluding carboxylic acids is 1. The van der Waals surface area contributed by atoms with Gasteiger partial charge in [-0.1, -0.05) is 69.3 Å². The summed E-state index contributed by atoms with van der Waals surface area (Å²) >= 11 is 7.76. The zero-order chi connectivity index (χ0) is 21.0. The van der Waals surface area contributed by atoms with Crippen molar-refractivity contribution in [2.24, 2.45) is 0 Å². The fraction of sp³-hybridized carbons (Fsp3) is 0.318. The van der Waals surface area contributed by atoms with Gasteiger partial charge in [0.25, 0.3) is 5.91 Å². The molecule has 29 heavy (non-hydrogen) atoms. The molecule has 5 nitrogen and oxygen atoms in total. The van der Waals surface area contributed by atoms with Crippen LogP contribution in [0.1, 0.15) is 49.4 Å². The van der Waals surface area contributed by atoms with E-state index in [2.05, 4.69) is 43.2 Å². The van der Waals surface area contributed by atoms with Gasteiger partial charge in [-0.25, -0.2) is 0 Å². The molecule has 0 saturated carbocycles. The van der Waals surface area contributed by atoms with E-state index < -0.39 is 0 Å².